The number of nitroso groups, excluding NO2 is 1. The van der Waals surface area contributed by atoms with Gasteiger partial charge in [0.15, 0.2) is 0 Å². The minimum Gasteiger partial charge on any atom is -0.758 e. The average molecular weight is 401 g/mol. The molecule has 0 bridgehead atoms. The maximum Gasteiger partial charge on any atom is 0.257 e. The maximum atomic E-state index is 12.8. The van der Waals surface area contributed by atoms with Crippen molar-refractivity contribution in [1.82, 2.24) is 0 Å². The summed E-state index contributed by atoms with van der Waals surface area (Å²) in [6.45, 7) is 11.4. The van der Waals surface area contributed by atoms with Gasteiger partial charge >= 0.3 is 0 Å². The van der Waals surface area contributed by atoms with Gasteiger partial charge in [-0.15, -0.1) is 0 Å². The molecule has 30 heavy (non-hydrogen) atoms. The molecular weight excluding hydrogens is 372 g/mol. The summed E-state index contributed by atoms with van der Waals surface area (Å²) in [5.41, 5.74) is 0.221. The fourth-order valence-electron chi connectivity index (χ4n) is 3.96. The molecule has 0 saturated carbocycles. The summed E-state index contributed by atoms with van der Waals surface area (Å²) in [5, 5.41) is 20.3. The van der Waals surface area contributed by atoms with Crippen LogP contribution in [0, 0.1) is 10.1 Å². The van der Waals surface area contributed by atoms with E-state index in [0.29, 0.717) is 11.4 Å². The Kier molecular flexibility index (Phi) is 4.59. The van der Waals surface area contributed by atoms with Gasteiger partial charge in [-0.3, -0.25) is 0 Å². The van der Waals surface area contributed by atoms with E-state index >= 15 is 0 Å². The van der Waals surface area contributed by atoms with Crippen LogP contribution in [0.1, 0.15) is 41.5 Å². The number of nitrogens with zero attached hydrogens (tertiary/aromatic N) is 2. The molecule has 0 atom stereocenters. The summed E-state index contributed by atoms with van der Waals surface area (Å²) in [6.07, 6.45) is 0. The Morgan fingerprint density at radius 3 is 1.80 bits per heavy atom. The number of anilines is 1. The fraction of sp³-hybridized carbons (Fsp3) is 0.308. The van der Waals surface area contributed by atoms with Crippen molar-refractivity contribution in [2.24, 2.45) is 0 Å². The van der Waals surface area contributed by atoms with Crippen LogP contribution in [0.2, 0.25) is 0 Å². The van der Waals surface area contributed by atoms with E-state index in [9.17, 15) is 10.1 Å². The van der Waals surface area contributed by atoms with Gasteiger partial charge in [-0.25, -0.2) is 0 Å². The highest BCUT2D eigenvalue weighted by atomic mass is 16.5. The second kappa shape index (κ2) is 6.78. The van der Waals surface area contributed by atoms with Crippen molar-refractivity contribution >= 4 is 43.7 Å². The first-order valence-corrected chi connectivity index (χ1v) is 10.3. The third-order valence-corrected chi connectivity index (χ3v) is 5.49. The molecule has 4 nitrogen and oxygen atoms in total. The number of hydrogen-bond donors (Lipinski definition) is 0. The van der Waals surface area contributed by atoms with Gasteiger partial charge in [0, 0.05) is 53.8 Å². The van der Waals surface area contributed by atoms with E-state index in [4.69, 9.17) is 0 Å². The van der Waals surface area contributed by atoms with Crippen LogP contribution in [0.3, 0.4) is 0 Å². The van der Waals surface area contributed by atoms with Crippen LogP contribution in [0.15, 0.2) is 60.7 Å². The number of benzene rings is 4. The predicted molar refractivity (Wildman–Crippen MR) is 128 cm³/mol. The molecule has 4 aromatic rings. The molecule has 0 amide bonds. The zero-order valence-electron chi connectivity index (χ0n) is 18.5. The molecule has 0 unspecified atom stereocenters. The second-order valence-electron chi connectivity index (χ2n) is 9.94. The minimum absolute atomic E-state index is 0.525. The van der Waals surface area contributed by atoms with Gasteiger partial charge in [0.05, 0.1) is 0 Å². The van der Waals surface area contributed by atoms with Gasteiger partial charge in [-0.1, -0.05) is 30.3 Å². The average Bonchev–Trinajstić information content (AvgIpc) is 2.70. The highest BCUT2D eigenvalue weighted by molar-refractivity contribution is 6.26. The third-order valence-electron chi connectivity index (χ3n) is 5.49. The summed E-state index contributed by atoms with van der Waals surface area (Å²) >= 11 is 0. The van der Waals surface area contributed by atoms with Gasteiger partial charge < -0.3 is 10.3 Å². The van der Waals surface area contributed by atoms with Gasteiger partial charge in [-0.05, 0) is 71.3 Å². The molecule has 0 N–H and O–H groups in total. The number of rotatable bonds is 2. The zero-order valence-corrected chi connectivity index (χ0v) is 18.5. The summed E-state index contributed by atoms with van der Waals surface area (Å²) in [7, 11) is 0. The van der Waals surface area contributed by atoms with Gasteiger partial charge in [-0.2, -0.15) is 0 Å². The van der Waals surface area contributed by atoms with Crippen molar-refractivity contribution in [2.75, 3.05) is 5.06 Å². The Hall–Kier alpha value is -2.98. The Balaban J connectivity index is 2.08. The molecule has 0 spiro atoms. The Morgan fingerprint density at radius 1 is 0.700 bits per heavy atom. The van der Waals surface area contributed by atoms with Crippen LogP contribution in [0.25, 0.3) is 32.3 Å². The molecule has 0 heterocycles. The normalized spacial score (nSPS) is 12.6. The first-order valence-electron chi connectivity index (χ1n) is 10.3. The van der Waals surface area contributed by atoms with E-state index in [2.05, 4.69) is 12.1 Å². The largest absolute Gasteiger partial charge is 0.758 e. The highest BCUT2D eigenvalue weighted by Gasteiger charge is 2.31. The summed E-state index contributed by atoms with van der Waals surface area (Å²) in [5.74, 6) is 0. The van der Waals surface area contributed by atoms with E-state index in [1.54, 1.807) is 0 Å². The highest BCUT2D eigenvalue weighted by Crippen LogP contribution is 2.39. The maximum absolute atomic E-state index is 12.8. The minimum atomic E-state index is -0.525. The SMILES string of the molecule is CC(C)(C)N([O-])c1ccc2c(c1)c1ccccc1c1ccc([N+](=O)C(C)(C)C)cc12. The van der Waals surface area contributed by atoms with E-state index < -0.39 is 11.1 Å². The molecule has 0 aromatic heterocycles. The quantitative estimate of drug-likeness (QED) is 0.199. The van der Waals surface area contributed by atoms with Crippen LogP contribution >= 0.6 is 0 Å². The molecule has 0 aliphatic rings. The third kappa shape index (κ3) is 3.31. The van der Waals surface area contributed by atoms with Crippen LogP contribution < -0.4 is 5.06 Å². The standard InChI is InChI=1S/C26H28N2O2/c1-25(2,3)27(29)17-11-13-21-19-9-7-8-10-20(19)23-15-18(28(30)26(4,5)6)12-14-22(23)24(21)16-17/h7-16H,1-6H3. The number of hydrogen-bond acceptors (Lipinski definition) is 3. The second-order valence-corrected chi connectivity index (χ2v) is 9.94. The lowest BCUT2D eigenvalue weighted by Gasteiger charge is -2.43. The smallest absolute Gasteiger partial charge is 0.257 e. The molecule has 4 heteroatoms. The molecule has 4 aromatic carbocycles. The predicted octanol–water partition coefficient (Wildman–Crippen LogP) is 7.46. The van der Waals surface area contributed by atoms with E-state index in [1.165, 1.54) is 0 Å². The molecule has 0 aliphatic heterocycles. The Labute approximate surface area is 177 Å². The van der Waals surface area contributed by atoms with Crippen molar-refractivity contribution < 1.29 is 4.76 Å². The Morgan fingerprint density at radius 2 is 1.20 bits per heavy atom. The topological polar surface area (TPSA) is 46.4 Å². The van der Waals surface area contributed by atoms with Gasteiger partial charge in [0.25, 0.3) is 5.69 Å². The summed E-state index contributed by atoms with van der Waals surface area (Å²) in [4.78, 5) is 12.8. The lowest BCUT2D eigenvalue weighted by Crippen LogP contribution is -2.36. The van der Waals surface area contributed by atoms with Crippen molar-refractivity contribution in [2.45, 2.75) is 52.6 Å². The first-order chi connectivity index (χ1) is 14.0. The number of hydroxylamine groups is 1. The Bertz CT molecular complexity index is 1290. The van der Waals surface area contributed by atoms with E-state index in [1.807, 2.05) is 90.1 Å². The summed E-state index contributed by atoms with van der Waals surface area (Å²) in [6, 6.07) is 20.0. The molecule has 0 aliphatic carbocycles. The lowest BCUT2D eigenvalue weighted by molar-refractivity contribution is -0.539. The van der Waals surface area contributed by atoms with Gasteiger partial charge in [0.1, 0.15) is 0 Å². The van der Waals surface area contributed by atoms with Gasteiger partial charge in [0.2, 0.25) is 5.54 Å². The summed E-state index contributed by atoms with van der Waals surface area (Å²) < 4.78 is 1.06. The molecule has 154 valence electrons. The van der Waals surface area contributed by atoms with E-state index in [-0.39, 0.29) is 0 Å². The van der Waals surface area contributed by atoms with Crippen LogP contribution in [-0.4, -0.2) is 15.8 Å². The molecule has 0 radical (unpaired) electrons. The van der Waals surface area contributed by atoms with Crippen molar-refractivity contribution in [1.29, 1.82) is 0 Å². The van der Waals surface area contributed by atoms with Crippen LogP contribution in [0.5, 0.6) is 0 Å². The fourth-order valence-corrected chi connectivity index (χ4v) is 3.96. The molecular formula is C26H28N2O2. The zero-order chi connectivity index (χ0) is 21.8. The molecule has 0 fully saturated rings. The van der Waals surface area contributed by atoms with Crippen LogP contribution in [0.4, 0.5) is 11.4 Å². The van der Waals surface area contributed by atoms with Crippen molar-refractivity contribution in [3.8, 4) is 0 Å². The lowest BCUT2D eigenvalue weighted by atomic mass is 9.93. The van der Waals surface area contributed by atoms with Crippen LogP contribution in [-0.2, 0) is 0 Å². The van der Waals surface area contributed by atoms with Crippen molar-refractivity contribution in [3.63, 3.8) is 0 Å². The molecule has 4 rings (SSSR count). The van der Waals surface area contributed by atoms with E-state index in [0.717, 1.165) is 42.1 Å². The van der Waals surface area contributed by atoms with Crippen molar-refractivity contribution in [3.05, 3.63) is 70.8 Å². The first kappa shape index (κ1) is 20.3. The monoisotopic (exact) mass is 400 g/mol. The molecule has 0 saturated heterocycles. The number of fused-ring (bicyclic) bond motifs is 6.